The fraction of sp³-hybridized carbons (Fsp3) is 0.923. The molecule has 1 saturated carbocycles. The van der Waals surface area contributed by atoms with E-state index in [1.165, 1.54) is 38.5 Å². The molecule has 0 atom stereocenters. The van der Waals surface area contributed by atoms with E-state index in [0.29, 0.717) is 0 Å². The topological polar surface area (TPSA) is 33.3 Å². The molecule has 0 radical (unpaired) electrons. The first-order valence-corrected chi connectivity index (χ1v) is 7.24. The molecule has 1 rings (SSSR count). The standard InChI is InChI=1S/C13H26N2OS/c1-16-11-5-9-14-13(17)15-10-8-12-6-3-2-4-7-12/h12H,2-11H2,1H3,(H2,14,15,17). The first-order chi connectivity index (χ1) is 8.33. The van der Waals surface area contributed by atoms with Gasteiger partial charge in [0.15, 0.2) is 5.11 Å². The summed E-state index contributed by atoms with van der Waals surface area (Å²) in [4.78, 5) is 0. The van der Waals surface area contributed by atoms with Gasteiger partial charge in [-0.3, -0.25) is 0 Å². The summed E-state index contributed by atoms with van der Waals surface area (Å²) in [5.74, 6) is 0.924. The van der Waals surface area contributed by atoms with Crippen molar-refractivity contribution in [3.63, 3.8) is 0 Å². The highest BCUT2D eigenvalue weighted by molar-refractivity contribution is 7.80. The van der Waals surface area contributed by atoms with Crippen LogP contribution in [0, 0.1) is 5.92 Å². The van der Waals surface area contributed by atoms with E-state index in [4.69, 9.17) is 17.0 Å². The SMILES string of the molecule is COCCCNC(=S)NCCC1CCCCC1. The number of rotatable bonds is 7. The molecule has 3 nitrogen and oxygen atoms in total. The van der Waals surface area contributed by atoms with Crippen molar-refractivity contribution >= 4 is 17.3 Å². The molecule has 0 spiro atoms. The van der Waals surface area contributed by atoms with Crippen LogP contribution in [0.15, 0.2) is 0 Å². The van der Waals surface area contributed by atoms with Crippen molar-refractivity contribution in [3.8, 4) is 0 Å². The Morgan fingerprint density at radius 3 is 2.59 bits per heavy atom. The fourth-order valence-corrected chi connectivity index (χ4v) is 2.55. The normalized spacial score (nSPS) is 16.8. The quantitative estimate of drug-likeness (QED) is 0.543. The summed E-state index contributed by atoms with van der Waals surface area (Å²) in [6.45, 7) is 2.70. The van der Waals surface area contributed by atoms with E-state index < -0.39 is 0 Å². The van der Waals surface area contributed by atoms with Crippen LogP contribution in [0.5, 0.6) is 0 Å². The average molecular weight is 258 g/mol. The highest BCUT2D eigenvalue weighted by atomic mass is 32.1. The van der Waals surface area contributed by atoms with Gasteiger partial charge >= 0.3 is 0 Å². The molecule has 0 aromatic rings. The monoisotopic (exact) mass is 258 g/mol. The molecule has 0 aromatic heterocycles. The molecule has 0 saturated heterocycles. The van der Waals surface area contributed by atoms with Crippen LogP contribution in [-0.2, 0) is 4.74 Å². The Balaban J connectivity index is 1.92. The molecule has 0 amide bonds. The van der Waals surface area contributed by atoms with Crippen molar-refractivity contribution in [2.24, 2.45) is 5.92 Å². The number of methoxy groups -OCH3 is 1. The summed E-state index contributed by atoms with van der Waals surface area (Å²) in [6, 6.07) is 0. The zero-order chi connectivity index (χ0) is 12.3. The predicted octanol–water partition coefficient (Wildman–Crippen LogP) is 2.46. The van der Waals surface area contributed by atoms with Crippen molar-refractivity contribution in [2.75, 3.05) is 26.8 Å². The van der Waals surface area contributed by atoms with E-state index in [1.807, 2.05) is 0 Å². The van der Waals surface area contributed by atoms with Gasteiger partial charge in [0.25, 0.3) is 0 Å². The summed E-state index contributed by atoms with van der Waals surface area (Å²) in [5.41, 5.74) is 0. The fourth-order valence-electron chi connectivity index (χ4n) is 2.35. The molecule has 4 heteroatoms. The maximum Gasteiger partial charge on any atom is 0.166 e. The molecular weight excluding hydrogens is 232 g/mol. The van der Waals surface area contributed by atoms with E-state index in [-0.39, 0.29) is 0 Å². The third kappa shape index (κ3) is 7.55. The number of nitrogens with one attached hydrogen (secondary N) is 2. The average Bonchev–Trinajstić information content (AvgIpc) is 2.36. The summed E-state index contributed by atoms with van der Waals surface area (Å²) in [7, 11) is 1.72. The molecule has 2 N–H and O–H groups in total. The Morgan fingerprint density at radius 2 is 1.88 bits per heavy atom. The predicted molar refractivity (Wildman–Crippen MR) is 76.3 cm³/mol. The van der Waals surface area contributed by atoms with Gasteiger partial charge in [-0.1, -0.05) is 32.1 Å². The summed E-state index contributed by atoms with van der Waals surface area (Å²) in [6.07, 6.45) is 9.37. The smallest absolute Gasteiger partial charge is 0.166 e. The van der Waals surface area contributed by atoms with Gasteiger partial charge in [-0.2, -0.15) is 0 Å². The molecule has 0 heterocycles. The van der Waals surface area contributed by atoms with Crippen molar-refractivity contribution < 1.29 is 4.74 Å². The highest BCUT2D eigenvalue weighted by Gasteiger charge is 2.12. The Kier molecular flexibility index (Phi) is 8.36. The third-order valence-electron chi connectivity index (χ3n) is 3.37. The molecule has 100 valence electrons. The second-order valence-electron chi connectivity index (χ2n) is 4.82. The van der Waals surface area contributed by atoms with Crippen LogP contribution < -0.4 is 10.6 Å². The van der Waals surface area contributed by atoms with Crippen LogP contribution in [0.3, 0.4) is 0 Å². The lowest BCUT2D eigenvalue weighted by atomic mass is 9.87. The Morgan fingerprint density at radius 1 is 1.18 bits per heavy atom. The van der Waals surface area contributed by atoms with Crippen LogP contribution in [0.4, 0.5) is 0 Å². The molecule has 0 bridgehead atoms. The minimum Gasteiger partial charge on any atom is -0.385 e. The van der Waals surface area contributed by atoms with Gasteiger partial charge in [-0.15, -0.1) is 0 Å². The lowest BCUT2D eigenvalue weighted by Crippen LogP contribution is -2.37. The third-order valence-corrected chi connectivity index (χ3v) is 3.66. The van der Waals surface area contributed by atoms with E-state index in [0.717, 1.165) is 37.1 Å². The van der Waals surface area contributed by atoms with Crippen LogP contribution in [0.25, 0.3) is 0 Å². The van der Waals surface area contributed by atoms with E-state index in [9.17, 15) is 0 Å². The van der Waals surface area contributed by atoms with Crippen molar-refractivity contribution in [1.29, 1.82) is 0 Å². The molecular formula is C13H26N2OS. The number of ether oxygens (including phenoxy) is 1. The lowest BCUT2D eigenvalue weighted by molar-refractivity contribution is 0.195. The molecule has 0 unspecified atom stereocenters. The van der Waals surface area contributed by atoms with Gasteiger partial charge < -0.3 is 15.4 Å². The van der Waals surface area contributed by atoms with Crippen LogP contribution >= 0.6 is 12.2 Å². The summed E-state index contributed by atoms with van der Waals surface area (Å²) >= 11 is 5.21. The lowest BCUT2D eigenvalue weighted by Gasteiger charge is -2.21. The number of hydrogen-bond acceptors (Lipinski definition) is 2. The number of thiocarbonyl (C=S) groups is 1. The molecule has 1 fully saturated rings. The molecule has 0 aliphatic heterocycles. The second-order valence-corrected chi connectivity index (χ2v) is 5.23. The Bertz CT molecular complexity index is 206. The van der Waals surface area contributed by atoms with Crippen molar-refractivity contribution in [1.82, 2.24) is 10.6 Å². The van der Waals surface area contributed by atoms with Gasteiger partial charge in [-0.25, -0.2) is 0 Å². The maximum absolute atomic E-state index is 5.21. The van der Waals surface area contributed by atoms with Gasteiger partial charge in [-0.05, 0) is 31.0 Å². The first kappa shape index (κ1) is 14.7. The van der Waals surface area contributed by atoms with Gasteiger partial charge in [0, 0.05) is 26.8 Å². The number of hydrogen-bond donors (Lipinski definition) is 2. The van der Waals surface area contributed by atoms with E-state index in [1.54, 1.807) is 7.11 Å². The molecule has 1 aliphatic rings. The zero-order valence-electron chi connectivity index (χ0n) is 11.0. The maximum atomic E-state index is 5.21. The molecule has 1 aliphatic carbocycles. The van der Waals surface area contributed by atoms with Crippen LogP contribution in [-0.4, -0.2) is 31.9 Å². The summed E-state index contributed by atoms with van der Waals surface area (Å²) in [5, 5.41) is 7.27. The van der Waals surface area contributed by atoms with Gasteiger partial charge in [0.2, 0.25) is 0 Å². The molecule has 17 heavy (non-hydrogen) atoms. The minimum atomic E-state index is 0.789. The van der Waals surface area contributed by atoms with Gasteiger partial charge in [0.05, 0.1) is 0 Å². The van der Waals surface area contributed by atoms with Crippen LogP contribution in [0.2, 0.25) is 0 Å². The van der Waals surface area contributed by atoms with Crippen molar-refractivity contribution in [2.45, 2.75) is 44.9 Å². The second kappa shape index (κ2) is 9.66. The Hall–Kier alpha value is -0.350. The van der Waals surface area contributed by atoms with Crippen LogP contribution in [0.1, 0.15) is 44.9 Å². The van der Waals surface area contributed by atoms with E-state index >= 15 is 0 Å². The van der Waals surface area contributed by atoms with Gasteiger partial charge in [0.1, 0.15) is 0 Å². The molecule has 0 aromatic carbocycles. The minimum absolute atomic E-state index is 0.789. The highest BCUT2D eigenvalue weighted by Crippen LogP contribution is 2.25. The van der Waals surface area contributed by atoms with Crippen molar-refractivity contribution in [3.05, 3.63) is 0 Å². The summed E-state index contributed by atoms with van der Waals surface area (Å²) < 4.78 is 4.98. The zero-order valence-corrected chi connectivity index (χ0v) is 11.8. The first-order valence-electron chi connectivity index (χ1n) is 6.83. The van der Waals surface area contributed by atoms with E-state index in [2.05, 4.69) is 10.6 Å². The largest absolute Gasteiger partial charge is 0.385 e. The Labute approximate surface area is 111 Å².